The zero-order valence-electron chi connectivity index (χ0n) is 16.3. The largest absolute Gasteiger partial charge is 0.338 e. The standard InChI is InChI=1S/C23H22N4OS/c1-17-9-11-26(12-10-17)23(28)18(15-24)14-19-16-27(20-6-3-2-4-7-20)25-22(19)21-8-5-13-29-21/h2-8,13-14,16-17H,9-12H2,1H3. The predicted octanol–water partition coefficient (Wildman–Crippen LogP) is 4.77. The molecule has 0 saturated carbocycles. The van der Waals surface area contributed by atoms with Crippen molar-refractivity contribution in [2.75, 3.05) is 13.1 Å². The number of rotatable bonds is 4. The van der Waals surface area contributed by atoms with Crippen LogP contribution in [-0.4, -0.2) is 33.7 Å². The molecule has 3 aromatic rings. The summed E-state index contributed by atoms with van der Waals surface area (Å²) in [4.78, 5) is 15.7. The second kappa shape index (κ2) is 8.46. The van der Waals surface area contributed by atoms with Gasteiger partial charge in [0.1, 0.15) is 17.3 Å². The van der Waals surface area contributed by atoms with Crippen LogP contribution in [0.4, 0.5) is 0 Å². The molecule has 4 rings (SSSR count). The molecule has 0 atom stereocenters. The van der Waals surface area contributed by atoms with Crippen LogP contribution >= 0.6 is 11.3 Å². The number of aromatic nitrogens is 2. The first kappa shape index (κ1) is 19.2. The van der Waals surface area contributed by atoms with Gasteiger partial charge in [-0.15, -0.1) is 11.3 Å². The third-order valence-corrected chi connectivity index (χ3v) is 6.12. The lowest BCUT2D eigenvalue weighted by atomic mass is 9.98. The number of likely N-dealkylation sites (tertiary alicyclic amines) is 1. The normalized spacial score (nSPS) is 15.3. The van der Waals surface area contributed by atoms with Gasteiger partial charge in [0.2, 0.25) is 0 Å². The highest BCUT2D eigenvalue weighted by atomic mass is 32.1. The molecule has 1 fully saturated rings. The van der Waals surface area contributed by atoms with E-state index in [2.05, 4.69) is 13.0 Å². The summed E-state index contributed by atoms with van der Waals surface area (Å²) in [6.07, 6.45) is 5.53. The molecule has 1 amide bonds. The molecule has 1 saturated heterocycles. The zero-order chi connectivity index (χ0) is 20.2. The minimum absolute atomic E-state index is 0.157. The molecule has 0 bridgehead atoms. The summed E-state index contributed by atoms with van der Waals surface area (Å²) in [5, 5.41) is 16.4. The smallest absolute Gasteiger partial charge is 0.264 e. The van der Waals surface area contributed by atoms with Gasteiger partial charge in [-0.2, -0.15) is 10.4 Å². The van der Waals surface area contributed by atoms with Gasteiger partial charge in [0.25, 0.3) is 5.91 Å². The molecule has 0 spiro atoms. The molecular weight excluding hydrogens is 380 g/mol. The van der Waals surface area contributed by atoms with E-state index in [1.165, 1.54) is 0 Å². The van der Waals surface area contributed by atoms with Gasteiger partial charge in [0.15, 0.2) is 0 Å². The molecule has 5 nitrogen and oxygen atoms in total. The monoisotopic (exact) mass is 402 g/mol. The molecule has 0 aliphatic carbocycles. The van der Waals surface area contributed by atoms with Gasteiger partial charge in [-0.05, 0) is 48.4 Å². The summed E-state index contributed by atoms with van der Waals surface area (Å²) in [7, 11) is 0. The van der Waals surface area contributed by atoms with Gasteiger partial charge in [-0.25, -0.2) is 4.68 Å². The van der Waals surface area contributed by atoms with Crippen LogP contribution in [-0.2, 0) is 4.79 Å². The highest BCUT2D eigenvalue weighted by Gasteiger charge is 2.24. The van der Waals surface area contributed by atoms with E-state index >= 15 is 0 Å². The number of thiophene rings is 1. The number of benzene rings is 1. The Morgan fingerprint density at radius 3 is 2.62 bits per heavy atom. The van der Waals surface area contributed by atoms with Crippen molar-refractivity contribution in [1.29, 1.82) is 5.26 Å². The number of hydrogen-bond donors (Lipinski definition) is 0. The van der Waals surface area contributed by atoms with Gasteiger partial charge in [-0.3, -0.25) is 4.79 Å². The number of nitriles is 1. The Balaban J connectivity index is 1.71. The van der Waals surface area contributed by atoms with E-state index in [9.17, 15) is 10.1 Å². The van der Waals surface area contributed by atoms with Gasteiger partial charge in [0, 0.05) is 24.8 Å². The van der Waals surface area contributed by atoms with Crippen LogP contribution in [0.1, 0.15) is 25.3 Å². The summed E-state index contributed by atoms with van der Waals surface area (Å²) in [6.45, 7) is 3.62. The van der Waals surface area contributed by atoms with Crippen molar-refractivity contribution in [3.05, 3.63) is 65.2 Å². The van der Waals surface area contributed by atoms with Crippen LogP contribution < -0.4 is 0 Å². The topological polar surface area (TPSA) is 61.9 Å². The first-order valence-electron chi connectivity index (χ1n) is 9.75. The third kappa shape index (κ3) is 4.15. The summed E-state index contributed by atoms with van der Waals surface area (Å²) in [6, 6.07) is 15.9. The maximum atomic E-state index is 12.9. The first-order chi connectivity index (χ1) is 14.2. The van der Waals surface area contributed by atoms with Crippen LogP contribution in [0.3, 0.4) is 0 Å². The number of carbonyl (C=O) groups excluding carboxylic acids is 1. The van der Waals surface area contributed by atoms with Crippen molar-refractivity contribution in [3.8, 4) is 22.3 Å². The van der Waals surface area contributed by atoms with Crippen LogP contribution in [0.2, 0.25) is 0 Å². The Kier molecular flexibility index (Phi) is 5.59. The molecule has 0 radical (unpaired) electrons. The van der Waals surface area contributed by atoms with E-state index in [0.717, 1.165) is 34.7 Å². The lowest BCUT2D eigenvalue weighted by molar-refractivity contribution is -0.127. The van der Waals surface area contributed by atoms with E-state index < -0.39 is 0 Å². The molecule has 0 N–H and O–H groups in total. The van der Waals surface area contributed by atoms with E-state index in [-0.39, 0.29) is 11.5 Å². The van der Waals surface area contributed by atoms with Crippen LogP contribution in [0, 0.1) is 17.2 Å². The number of piperidine rings is 1. The van der Waals surface area contributed by atoms with E-state index in [1.807, 2.05) is 54.0 Å². The van der Waals surface area contributed by atoms with E-state index in [1.54, 1.807) is 27.0 Å². The fourth-order valence-electron chi connectivity index (χ4n) is 3.49. The number of carbonyl (C=O) groups is 1. The van der Waals surface area contributed by atoms with Gasteiger partial charge < -0.3 is 4.90 Å². The van der Waals surface area contributed by atoms with Gasteiger partial charge in [0.05, 0.1) is 10.6 Å². The summed E-state index contributed by atoms with van der Waals surface area (Å²) < 4.78 is 1.79. The Hall–Kier alpha value is -3.17. The number of nitrogens with zero attached hydrogens (tertiary/aromatic N) is 4. The summed E-state index contributed by atoms with van der Waals surface area (Å²) in [5.41, 5.74) is 2.63. The molecular formula is C23H22N4OS. The lowest BCUT2D eigenvalue weighted by Gasteiger charge is -2.30. The minimum atomic E-state index is -0.191. The fourth-order valence-corrected chi connectivity index (χ4v) is 4.22. The number of hydrogen-bond acceptors (Lipinski definition) is 4. The first-order valence-corrected chi connectivity index (χ1v) is 10.6. The van der Waals surface area contributed by atoms with Crippen molar-refractivity contribution in [2.45, 2.75) is 19.8 Å². The highest BCUT2D eigenvalue weighted by molar-refractivity contribution is 7.13. The predicted molar refractivity (Wildman–Crippen MR) is 115 cm³/mol. The Morgan fingerprint density at radius 2 is 1.97 bits per heavy atom. The summed E-state index contributed by atoms with van der Waals surface area (Å²) in [5.74, 6) is 0.437. The fraction of sp³-hybridized carbons (Fsp3) is 0.261. The SMILES string of the molecule is CC1CCN(C(=O)C(C#N)=Cc2cn(-c3ccccc3)nc2-c2cccs2)CC1. The molecule has 6 heteroatoms. The van der Waals surface area contributed by atoms with Gasteiger partial charge >= 0.3 is 0 Å². The van der Waals surface area contributed by atoms with Crippen molar-refractivity contribution in [1.82, 2.24) is 14.7 Å². The Labute approximate surface area is 174 Å². The molecule has 2 aromatic heterocycles. The van der Waals surface area contributed by atoms with Crippen molar-refractivity contribution >= 4 is 23.3 Å². The van der Waals surface area contributed by atoms with E-state index in [4.69, 9.17) is 5.10 Å². The highest BCUT2D eigenvalue weighted by Crippen LogP contribution is 2.29. The van der Waals surface area contributed by atoms with Crippen LogP contribution in [0.25, 0.3) is 22.3 Å². The van der Waals surface area contributed by atoms with Crippen molar-refractivity contribution in [2.24, 2.45) is 5.92 Å². The lowest BCUT2D eigenvalue weighted by Crippen LogP contribution is -2.38. The number of para-hydroxylation sites is 1. The van der Waals surface area contributed by atoms with Crippen LogP contribution in [0.15, 0.2) is 59.6 Å². The van der Waals surface area contributed by atoms with Crippen LogP contribution in [0.5, 0.6) is 0 Å². The third-order valence-electron chi connectivity index (χ3n) is 5.24. The number of amides is 1. The van der Waals surface area contributed by atoms with Crippen molar-refractivity contribution < 1.29 is 4.79 Å². The zero-order valence-corrected chi connectivity index (χ0v) is 17.1. The molecule has 1 aliphatic rings. The minimum Gasteiger partial charge on any atom is -0.338 e. The quantitative estimate of drug-likeness (QED) is 0.467. The molecule has 29 heavy (non-hydrogen) atoms. The Bertz CT molecular complexity index is 1050. The average molecular weight is 403 g/mol. The molecule has 0 unspecified atom stereocenters. The maximum absolute atomic E-state index is 12.9. The van der Waals surface area contributed by atoms with E-state index in [0.29, 0.717) is 19.0 Å². The summed E-state index contributed by atoms with van der Waals surface area (Å²) >= 11 is 1.59. The Morgan fingerprint density at radius 1 is 1.21 bits per heavy atom. The molecule has 1 aromatic carbocycles. The molecule has 146 valence electrons. The second-order valence-electron chi connectivity index (χ2n) is 7.34. The molecule has 1 aliphatic heterocycles. The van der Waals surface area contributed by atoms with Gasteiger partial charge in [-0.1, -0.05) is 31.2 Å². The average Bonchev–Trinajstić information content (AvgIpc) is 3.42. The van der Waals surface area contributed by atoms with Crippen molar-refractivity contribution in [3.63, 3.8) is 0 Å². The molecule has 3 heterocycles. The maximum Gasteiger partial charge on any atom is 0.264 e. The second-order valence-corrected chi connectivity index (χ2v) is 8.28.